The molecule has 4 N–H and O–H groups in total. The van der Waals surface area contributed by atoms with Crippen molar-refractivity contribution in [2.24, 2.45) is 21.5 Å². The van der Waals surface area contributed by atoms with Crippen molar-refractivity contribution in [3.63, 3.8) is 0 Å². The number of guanidine groups is 2. The molecule has 3 rings (SSSR count). The highest BCUT2D eigenvalue weighted by Crippen LogP contribution is 2.39. The number of benzene rings is 1. The molecule has 0 unspecified atom stereocenters. The topological polar surface area (TPSA) is 80.0 Å². The summed E-state index contributed by atoms with van der Waals surface area (Å²) < 4.78 is 14.1. The van der Waals surface area contributed by atoms with Gasteiger partial charge >= 0.3 is 0 Å². The van der Waals surface area contributed by atoms with Gasteiger partial charge in [0, 0.05) is 5.69 Å². The molecular weight excluding hydrogens is 384 g/mol. The zero-order valence-corrected chi connectivity index (χ0v) is 13.7. The Balaban J connectivity index is 2.08. The number of nitrogens with two attached hydrogens (primary N) is 2. The summed E-state index contributed by atoms with van der Waals surface area (Å²) in [6.07, 6.45) is 5.07. The van der Waals surface area contributed by atoms with Crippen LogP contribution in [0.25, 0.3) is 0 Å². The average Bonchev–Trinajstić information content (AvgIpc) is 2.42. The van der Waals surface area contributed by atoms with E-state index in [4.69, 9.17) is 11.5 Å². The Morgan fingerprint density at radius 3 is 2.57 bits per heavy atom. The molecule has 0 saturated heterocycles. The quantitative estimate of drug-likeness (QED) is 0.710. The Morgan fingerprint density at radius 1 is 1.19 bits per heavy atom. The van der Waals surface area contributed by atoms with Gasteiger partial charge in [0.2, 0.25) is 11.9 Å². The van der Waals surface area contributed by atoms with Crippen molar-refractivity contribution in [1.82, 2.24) is 0 Å². The maximum absolute atomic E-state index is 13.5. The van der Waals surface area contributed by atoms with Gasteiger partial charge in [-0.1, -0.05) is 6.42 Å². The largest absolute Gasteiger partial charge is 0.369 e. The molecule has 0 aromatic heterocycles. The molecule has 7 heteroatoms. The molecule has 1 aromatic rings. The lowest BCUT2D eigenvalue weighted by atomic mass is 9.87. The number of hydrogen-bond donors (Lipinski definition) is 2. The molecule has 21 heavy (non-hydrogen) atoms. The third-order valence-electron chi connectivity index (χ3n) is 4.01. The molecule has 1 heterocycles. The van der Waals surface area contributed by atoms with Crippen LogP contribution in [0.15, 0.2) is 28.2 Å². The van der Waals surface area contributed by atoms with E-state index in [1.165, 1.54) is 12.5 Å². The third kappa shape index (κ3) is 2.58. The molecule has 112 valence electrons. The van der Waals surface area contributed by atoms with Crippen LogP contribution in [0.5, 0.6) is 0 Å². The summed E-state index contributed by atoms with van der Waals surface area (Å²) >= 11 is 1.97. The summed E-state index contributed by atoms with van der Waals surface area (Å²) in [6.45, 7) is 0. The highest BCUT2D eigenvalue weighted by Gasteiger charge is 2.42. The molecule has 1 spiro atoms. The Kier molecular flexibility index (Phi) is 3.76. The Labute approximate surface area is 136 Å². The molecule has 1 aromatic carbocycles. The second-order valence-corrected chi connectivity index (χ2v) is 6.58. The van der Waals surface area contributed by atoms with E-state index < -0.39 is 5.66 Å². The molecule has 1 saturated carbocycles. The molecule has 1 fully saturated rings. The molecule has 5 nitrogen and oxygen atoms in total. The van der Waals surface area contributed by atoms with E-state index in [1.807, 2.05) is 27.5 Å². The maximum Gasteiger partial charge on any atom is 0.220 e. The normalized spacial score (nSPS) is 21.1. The van der Waals surface area contributed by atoms with Crippen molar-refractivity contribution in [1.29, 1.82) is 0 Å². The lowest BCUT2D eigenvalue weighted by Gasteiger charge is -2.45. The zero-order chi connectivity index (χ0) is 15.0. The zero-order valence-electron chi connectivity index (χ0n) is 11.5. The summed E-state index contributed by atoms with van der Waals surface area (Å²) in [5.41, 5.74) is 12.3. The average molecular weight is 401 g/mol. The number of hydrogen-bond acceptors (Lipinski definition) is 5. The van der Waals surface area contributed by atoms with Gasteiger partial charge in [-0.2, -0.15) is 4.99 Å². The first-order chi connectivity index (χ1) is 10.0. The summed E-state index contributed by atoms with van der Waals surface area (Å²) in [4.78, 5) is 10.6. The summed E-state index contributed by atoms with van der Waals surface area (Å²) in [7, 11) is 0. The van der Waals surface area contributed by atoms with Crippen LogP contribution in [0.1, 0.15) is 32.1 Å². The van der Waals surface area contributed by atoms with Crippen molar-refractivity contribution >= 4 is 40.2 Å². The van der Waals surface area contributed by atoms with Gasteiger partial charge in [-0.15, -0.1) is 0 Å². The number of nitrogens with zero attached hydrogens (tertiary/aromatic N) is 3. The van der Waals surface area contributed by atoms with E-state index in [9.17, 15) is 4.39 Å². The van der Waals surface area contributed by atoms with Crippen LogP contribution in [0.4, 0.5) is 10.1 Å². The van der Waals surface area contributed by atoms with Crippen LogP contribution in [0.3, 0.4) is 0 Å². The lowest BCUT2D eigenvalue weighted by molar-refractivity contribution is 0.305. The number of anilines is 1. The highest BCUT2D eigenvalue weighted by molar-refractivity contribution is 14.1. The highest BCUT2D eigenvalue weighted by atomic mass is 127. The fourth-order valence-electron chi connectivity index (χ4n) is 3.12. The number of rotatable bonds is 1. The molecule has 1 aliphatic carbocycles. The molecule has 0 bridgehead atoms. The van der Waals surface area contributed by atoms with Gasteiger partial charge in [-0.3, -0.25) is 4.90 Å². The predicted molar refractivity (Wildman–Crippen MR) is 90.7 cm³/mol. The molecule has 0 amide bonds. The van der Waals surface area contributed by atoms with E-state index in [-0.39, 0.29) is 11.8 Å². The van der Waals surface area contributed by atoms with E-state index >= 15 is 0 Å². The predicted octanol–water partition coefficient (Wildman–Crippen LogP) is 2.54. The second-order valence-electron chi connectivity index (χ2n) is 5.42. The summed E-state index contributed by atoms with van der Waals surface area (Å²) in [5.74, 6) is 0.307. The van der Waals surface area contributed by atoms with Crippen LogP contribution >= 0.6 is 22.6 Å². The van der Waals surface area contributed by atoms with E-state index in [2.05, 4.69) is 9.98 Å². The standard InChI is InChI=1S/C14H17FIN5/c15-10-5-4-9(8-11(10)16)21-13(18)19-12(17)20-14(21)6-2-1-3-7-14/h4-5,8H,1-3,6-7H2,(H4,17,18,19,20). The van der Waals surface area contributed by atoms with Gasteiger partial charge < -0.3 is 11.5 Å². The Hall–Kier alpha value is -1.38. The molecule has 0 atom stereocenters. The van der Waals surface area contributed by atoms with Crippen molar-refractivity contribution in [2.45, 2.75) is 37.8 Å². The summed E-state index contributed by atoms with van der Waals surface area (Å²) in [6, 6.07) is 4.93. The first kappa shape index (κ1) is 14.6. The first-order valence-corrected chi connectivity index (χ1v) is 8.04. The minimum absolute atomic E-state index is 0.224. The monoisotopic (exact) mass is 401 g/mol. The van der Waals surface area contributed by atoms with Crippen molar-refractivity contribution in [2.75, 3.05) is 4.90 Å². The molecular formula is C14H17FIN5. The Morgan fingerprint density at radius 2 is 1.90 bits per heavy atom. The number of aliphatic imine (C=N–C) groups is 2. The van der Waals surface area contributed by atoms with Gasteiger partial charge in [0.25, 0.3) is 0 Å². The number of halogens is 2. The van der Waals surface area contributed by atoms with E-state index in [0.29, 0.717) is 9.53 Å². The van der Waals surface area contributed by atoms with Crippen molar-refractivity contribution in [3.8, 4) is 0 Å². The van der Waals surface area contributed by atoms with Crippen LogP contribution in [-0.4, -0.2) is 17.6 Å². The molecule has 1 aliphatic heterocycles. The second kappa shape index (κ2) is 5.43. The fourth-order valence-corrected chi connectivity index (χ4v) is 3.62. The van der Waals surface area contributed by atoms with Gasteiger partial charge in [-0.05, 0) is 66.5 Å². The Bertz CT molecular complexity index is 622. The first-order valence-electron chi connectivity index (χ1n) is 6.97. The fraction of sp³-hybridized carbons (Fsp3) is 0.429. The van der Waals surface area contributed by atoms with Crippen molar-refractivity contribution in [3.05, 3.63) is 27.6 Å². The third-order valence-corrected chi connectivity index (χ3v) is 4.84. The van der Waals surface area contributed by atoms with Gasteiger partial charge in [0.05, 0.1) is 3.57 Å². The molecule has 2 aliphatic rings. The van der Waals surface area contributed by atoms with E-state index in [0.717, 1.165) is 31.4 Å². The lowest BCUT2D eigenvalue weighted by Crippen LogP contribution is -2.58. The minimum Gasteiger partial charge on any atom is -0.369 e. The van der Waals surface area contributed by atoms with Crippen molar-refractivity contribution < 1.29 is 4.39 Å². The minimum atomic E-state index is -0.477. The smallest absolute Gasteiger partial charge is 0.220 e. The SMILES string of the molecule is NC1=NC2(CCCCC2)N(c2ccc(F)c(I)c2)C(N)=N1. The van der Waals surface area contributed by atoms with Crippen LogP contribution in [0, 0.1) is 9.39 Å². The van der Waals surface area contributed by atoms with Crippen LogP contribution in [0.2, 0.25) is 0 Å². The van der Waals surface area contributed by atoms with Gasteiger partial charge in [0.1, 0.15) is 11.5 Å². The van der Waals surface area contributed by atoms with Crippen LogP contribution in [-0.2, 0) is 0 Å². The van der Waals surface area contributed by atoms with E-state index in [1.54, 1.807) is 12.1 Å². The summed E-state index contributed by atoms with van der Waals surface area (Å²) in [5, 5.41) is 0. The maximum atomic E-state index is 13.5. The van der Waals surface area contributed by atoms with Crippen LogP contribution < -0.4 is 16.4 Å². The molecule has 0 radical (unpaired) electrons. The van der Waals surface area contributed by atoms with Gasteiger partial charge in [0.15, 0.2) is 0 Å². The van der Waals surface area contributed by atoms with Gasteiger partial charge in [-0.25, -0.2) is 9.38 Å².